The van der Waals surface area contributed by atoms with E-state index in [4.69, 9.17) is 0 Å². The van der Waals surface area contributed by atoms with Crippen molar-refractivity contribution >= 4 is 17.0 Å². The van der Waals surface area contributed by atoms with Crippen LogP contribution >= 0.6 is 11.3 Å². The lowest BCUT2D eigenvalue weighted by atomic mass is 10.0. The number of hydrogen-bond donors (Lipinski definition) is 1. The van der Waals surface area contributed by atoms with Crippen molar-refractivity contribution in [1.82, 2.24) is 10.3 Å². The molecule has 1 unspecified atom stereocenters. The molecule has 0 radical (unpaired) electrons. The van der Waals surface area contributed by atoms with E-state index < -0.39 is 0 Å². The first-order valence-electron chi connectivity index (χ1n) is 6.05. The summed E-state index contributed by atoms with van der Waals surface area (Å²) in [7, 11) is 0. The molecule has 2 rings (SSSR count). The van der Waals surface area contributed by atoms with Crippen LogP contribution in [0.25, 0.3) is 0 Å². The molecule has 0 saturated carbocycles. The maximum Gasteiger partial charge on any atom is 0.269 e. The van der Waals surface area contributed by atoms with Crippen molar-refractivity contribution in [2.24, 2.45) is 0 Å². The molecule has 0 aliphatic carbocycles. The third kappa shape index (κ3) is 3.59. The highest BCUT2D eigenvalue weighted by atomic mass is 32.1. The summed E-state index contributed by atoms with van der Waals surface area (Å²) in [4.78, 5) is 15.5. The van der Waals surface area contributed by atoms with Crippen molar-refractivity contribution in [2.45, 2.75) is 19.4 Å². The summed E-state index contributed by atoms with van der Waals surface area (Å²) in [6.45, 7) is 2.93. The monoisotopic (exact) mass is 277 g/mol. The smallest absolute Gasteiger partial charge is 0.269 e. The summed E-state index contributed by atoms with van der Waals surface area (Å²) in [5, 5.41) is 14.0. The van der Waals surface area contributed by atoms with Crippen LogP contribution in [0.5, 0.6) is 0 Å². The molecule has 0 aliphatic heterocycles. The number of likely N-dealkylation sites (N-methyl/N-ethyl adjacent to an activating group) is 1. The summed E-state index contributed by atoms with van der Waals surface area (Å²) in [5.74, 6) is 0. The zero-order valence-corrected chi connectivity index (χ0v) is 11.4. The number of aromatic nitrogens is 1. The van der Waals surface area contributed by atoms with E-state index in [1.54, 1.807) is 23.5 Å². The van der Waals surface area contributed by atoms with E-state index in [1.807, 2.05) is 23.8 Å². The van der Waals surface area contributed by atoms with Crippen molar-refractivity contribution < 1.29 is 4.92 Å². The molecule has 1 aromatic carbocycles. The maximum absolute atomic E-state index is 10.6. The van der Waals surface area contributed by atoms with E-state index in [9.17, 15) is 10.1 Å². The fourth-order valence-corrected chi connectivity index (χ4v) is 2.60. The van der Waals surface area contributed by atoms with Gasteiger partial charge < -0.3 is 5.32 Å². The second-order valence-electron chi connectivity index (χ2n) is 4.14. The number of nitrogens with one attached hydrogen (secondary N) is 1. The third-order valence-electron chi connectivity index (χ3n) is 2.83. The van der Waals surface area contributed by atoms with Crippen molar-refractivity contribution in [2.75, 3.05) is 6.54 Å². The van der Waals surface area contributed by atoms with Crippen molar-refractivity contribution in [3.63, 3.8) is 0 Å². The molecule has 0 saturated heterocycles. The summed E-state index contributed by atoms with van der Waals surface area (Å²) in [5.41, 5.74) is 3.02. The molecule has 0 fully saturated rings. The van der Waals surface area contributed by atoms with Gasteiger partial charge in [-0.1, -0.05) is 19.1 Å². The molecule has 1 aromatic heterocycles. The number of nitro benzene ring substituents is 1. The Labute approximate surface area is 115 Å². The first-order valence-corrected chi connectivity index (χ1v) is 6.93. The molecule has 1 heterocycles. The molecule has 1 N–H and O–H groups in total. The van der Waals surface area contributed by atoms with Gasteiger partial charge in [0, 0.05) is 29.2 Å². The predicted molar refractivity (Wildman–Crippen MR) is 75.3 cm³/mol. The van der Waals surface area contributed by atoms with Crippen LogP contribution in [-0.2, 0) is 6.42 Å². The Morgan fingerprint density at radius 3 is 2.68 bits per heavy atom. The van der Waals surface area contributed by atoms with Crippen LogP contribution in [0.2, 0.25) is 0 Å². The highest BCUT2D eigenvalue weighted by molar-refractivity contribution is 7.09. The van der Waals surface area contributed by atoms with Crippen molar-refractivity contribution in [1.29, 1.82) is 0 Å². The maximum atomic E-state index is 10.6. The first kappa shape index (κ1) is 13.6. The standard InChI is InChI=1S/C13H15N3O2S/c1-2-15-12(13-8-14-9-19-13)7-10-3-5-11(6-4-10)16(17)18/h3-6,8-9,12,15H,2,7H2,1H3. The zero-order valence-electron chi connectivity index (χ0n) is 10.6. The van der Waals surface area contributed by atoms with Crippen molar-refractivity contribution in [3.05, 3.63) is 56.5 Å². The number of thiazole rings is 1. The van der Waals surface area contributed by atoms with Gasteiger partial charge in [-0.15, -0.1) is 11.3 Å². The first-order chi connectivity index (χ1) is 9.20. The Hall–Kier alpha value is -1.79. The van der Waals surface area contributed by atoms with Gasteiger partial charge in [0.05, 0.1) is 10.4 Å². The van der Waals surface area contributed by atoms with Crippen LogP contribution in [0.1, 0.15) is 23.4 Å². The van der Waals surface area contributed by atoms with Gasteiger partial charge in [0.25, 0.3) is 5.69 Å². The van der Waals surface area contributed by atoms with Crippen LogP contribution in [0.3, 0.4) is 0 Å². The Morgan fingerprint density at radius 1 is 1.42 bits per heavy atom. The van der Waals surface area contributed by atoms with Crippen LogP contribution in [-0.4, -0.2) is 16.5 Å². The van der Waals surface area contributed by atoms with Gasteiger partial charge in [-0.05, 0) is 18.5 Å². The molecule has 100 valence electrons. The lowest BCUT2D eigenvalue weighted by Crippen LogP contribution is -2.22. The fraction of sp³-hybridized carbons (Fsp3) is 0.308. The minimum absolute atomic E-state index is 0.126. The molecule has 0 aliphatic rings. The van der Waals surface area contributed by atoms with E-state index in [-0.39, 0.29) is 16.7 Å². The molecule has 0 spiro atoms. The Balaban J connectivity index is 2.11. The SMILES string of the molecule is CCNC(Cc1ccc([N+](=O)[O-])cc1)c1cncs1. The third-order valence-corrected chi connectivity index (χ3v) is 3.72. The number of nitrogens with zero attached hydrogens (tertiary/aromatic N) is 2. The quantitative estimate of drug-likeness (QED) is 0.651. The van der Waals surface area contributed by atoms with Gasteiger partial charge in [-0.25, -0.2) is 0 Å². The van der Waals surface area contributed by atoms with E-state index in [0.717, 1.165) is 18.5 Å². The molecule has 0 amide bonds. The molecule has 2 aromatic rings. The second-order valence-corrected chi connectivity index (χ2v) is 5.06. The van der Waals surface area contributed by atoms with Crippen LogP contribution in [0.4, 0.5) is 5.69 Å². The minimum atomic E-state index is -0.380. The van der Waals surface area contributed by atoms with Gasteiger partial charge in [0.2, 0.25) is 0 Å². The molecule has 1 atom stereocenters. The van der Waals surface area contributed by atoms with Gasteiger partial charge in [-0.3, -0.25) is 15.1 Å². The van der Waals surface area contributed by atoms with E-state index in [2.05, 4.69) is 17.2 Å². The summed E-state index contributed by atoms with van der Waals surface area (Å²) in [6.07, 6.45) is 2.66. The Morgan fingerprint density at radius 2 is 2.16 bits per heavy atom. The average Bonchev–Trinajstić information content (AvgIpc) is 2.92. The molecule has 19 heavy (non-hydrogen) atoms. The zero-order chi connectivity index (χ0) is 13.7. The summed E-state index contributed by atoms with van der Waals surface area (Å²) >= 11 is 1.62. The molecule has 6 heteroatoms. The van der Waals surface area contributed by atoms with Crippen LogP contribution < -0.4 is 5.32 Å². The summed E-state index contributed by atoms with van der Waals surface area (Å²) < 4.78 is 0. The highest BCUT2D eigenvalue weighted by Gasteiger charge is 2.13. The number of benzene rings is 1. The van der Waals surface area contributed by atoms with Gasteiger partial charge in [0.15, 0.2) is 0 Å². The van der Waals surface area contributed by atoms with Gasteiger partial charge in [0.1, 0.15) is 0 Å². The normalized spacial score (nSPS) is 12.3. The molecular formula is C13H15N3O2S. The second kappa shape index (κ2) is 6.40. The lowest BCUT2D eigenvalue weighted by molar-refractivity contribution is -0.384. The number of nitro groups is 1. The summed E-state index contributed by atoms with van der Waals surface area (Å²) in [6, 6.07) is 6.92. The number of non-ortho nitro benzene ring substituents is 1. The average molecular weight is 277 g/mol. The van der Waals surface area contributed by atoms with E-state index in [1.165, 1.54) is 4.88 Å². The highest BCUT2D eigenvalue weighted by Crippen LogP contribution is 2.22. The van der Waals surface area contributed by atoms with E-state index >= 15 is 0 Å². The Bertz CT molecular complexity index is 525. The molecule has 5 nitrogen and oxygen atoms in total. The van der Waals surface area contributed by atoms with Crippen LogP contribution in [0.15, 0.2) is 36.0 Å². The van der Waals surface area contributed by atoms with Crippen molar-refractivity contribution in [3.8, 4) is 0 Å². The lowest BCUT2D eigenvalue weighted by Gasteiger charge is -2.15. The fourth-order valence-electron chi connectivity index (χ4n) is 1.91. The van der Waals surface area contributed by atoms with Crippen LogP contribution in [0, 0.1) is 10.1 Å². The number of hydrogen-bond acceptors (Lipinski definition) is 5. The van der Waals surface area contributed by atoms with Gasteiger partial charge in [-0.2, -0.15) is 0 Å². The Kier molecular flexibility index (Phi) is 4.59. The molecule has 0 bridgehead atoms. The predicted octanol–water partition coefficient (Wildman–Crippen LogP) is 2.94. The number of rotatable bonds is 6. The topological polar surface area (TPSA) is 68.1 Å². The largest absolute Gasteiger partial charge is 0.309 e. The van der Waals surface area contributed by atoms with E-state index in [0.29, 0.717) is 0 Å². The van der Waals surface area contributed by atoms with Gasteiger partial charge >= 0.3 is 0 Å². The molecular weight excluding hydrogens is 262 g/mol. The minimum Gasteiger partial charge on any atom is -0.309 e.